The molecule has 0 aliphatic heterocycles. The zero-order chi connectivity index (χ0) is 19.7. The maximum atomic E-state index is 12.9. The molecule has 26 heavy (non-hydrogen) atoms. The second kappa shape index (κ2) is 11.4. The first-order chi connectivity index (χ1) is 12.4. The number of benzene rings is 1. The number of amides is 1. The van der Waals surface area contributed by atoms with E-state index in [1.165, 1.54) is 18.4 Å². The van der Waals surface area contributed by atoms with Crippen molar-refractivity contribution in [3.8, 4) is 0 Å². The first-order valence-electron chi connectivity index (χ1n) is 10.8. The number of carbonyl (C=O) groups excluding carboxylic acids is 1. The molecule has 1 rings (SSSR count). The number of hydrogen-bond donors (Lipinski definition) is 1. The summed E-state index contributed by atoms with van der Waals surface area (Å²) >= 11 is 0. The zero-order valence-electron chi connectivity index (χ0n) is 18.1. The Morgan fingerprint density at radius 1 is 0.885 bits per heavy atom. The summed E-state index contributed by atoms with van der Waals surface area (Å²) in [6.45, 7) is 15.5. The van der Waals surface area contributed by atoms with E-state index in [4.69, 9.17) is 0 Å². The molecular weight excluding hydrogens is 318 g/mol. The van der Waals surface area contributed by atoms with Gasteiger partial charge in [-0.2, -0.15) is 0 Å². The van der Waals surface area contributed by atoms with Crippen LogP contribution < -0.4 is 5.32 Å². The van der Waals surface area contributed by atoms with Gasteiger partial charge in [0.05, 0.1) is 5.92 Å². The molecule has 0 aromatic heterocycles. The van der Waals surface area contributed by atoms with E-state index in [9.17, 15) is 4.79 Å². The second-order valence-corrected chi connectivity index (χ2v) is 8.23. The predicted octanol–water partition coefficient (Wildman–Crippen LogP) is 6.35. The molecular formula is C24H41NO. The van der Waals surface area contributed by atoms with E-state index in [1.807, 2.05) is 6.92 Å². The van der Waals surface area contributed by atoms with E-state index in [0.29, 0.717) is 17.8 Å². The van der Waals surface area contributed by atoms with E-state index in [0.717, 1.165) is 24.8 Å². The second-order valence-electron chi connectivity index (χ2n) is 8.23. The lowest BCUT2D eigenvalue weighted by atomic mass is 9.79. The van der Waals surface area contributed by atoms with E-state index < -0.39 is 0 Å². The van der Waals surface area contributed by atoms with E-state index in [1.54, 1.807) is 0 Å². The zero-order valence-corrected chi connectivity index (χ0v) is 18.1. The minimum atomic E-state index is -0.101. The Hall–Kier alpha value is -1.31. The molecule has 2 nitrogen and oxygen atoms in total. The van der Waals surface area contributed by atoms with Crippen LogP contribution in [-0.4, -0.2) is 11.9 Å². The fraction of sp³-hybridized carbons (Fsp3) is 0.708. The van der Waals surface area contributed by atoms with Crippen molar-refractivity contribution in [3.63, 3.8) is 0 Å². The SMILES string of the molecule is CCC(CC)C(CC)C(CC)NC(=O)C(C)c1ccc(CC(C)C)cc1. The van der Waals surface area contributed by atoms with Crippen LogP contribution in [-0.2, 0) is 11.2 Å². The molecule has 1 N–H and O–H groups in total. The molecule has 0 bridgehead atoms. The summed E-state index contributed by atoms with van der Waals surface area (Å²) in [6, 6.07) is 8.88. The largest absolute Gasteiger partial charge is 0.353 e. The van der Waals surface area contributed by atoms with Crippen molar-refractivity contribution >= 4 is 5.91 Å². The van der Waals surface area contributed by atoms with Gasteiger partial charge in [0, 0.05) is 6.04 Å². The first-order valence-corrected chi connectivity index (χ1v) is 10.8. The molecule has 0 spiro atoms. The van der Waals surface area contributed by atoms with Crippen molar-refractivity contribution in [1.29, 1.82) is 0 Å². The number of carbonyl (C=O) groups is 1. The van der Waals surface area contributed by atoms with Crippen LogP contribution in [0.2, 0.25) is 0 Å². The van der Waals surface area contributed by atoms with Gasteiger partial charge in [0.15, 0.2) is 0 Å². The molecule has 148 valence electrons. The Morgan fingerprint density at radius 3 is 1.88 bits per heavy atom. The van der Waals surface area contributed by atoms with Gasteiger partial charge >= 0.3 is 0 Å². The van der Waals surface area contributed by atoms with Gasteiger partial charge < -0.3 is 5.32 Å². The minimum Gasteiger partial charge on any atom is -0.353 e. The third-order valence-corrected chi connectivity index (χ3v) is 5.93. The molecule has 0 radical (unpaired) electrons. The van der Waals surface area contributed by atoms with E-state index in [-0.39, 0.29) is 17.9 Å². The molecule has 0 saturated heterocycles. The maximum Gasteiger partial charge on any atom is 0.227 e. The maximum absolute atomic E-state index is 12.9. The third kappa shape index (κ3) is 6.45. The van der Waals surface area contributed by atoms with Crippen LogP contribution in [0.15, 0.2) is 24.3 Å². The van der Waals surface area contributed by atoms with Gasteiger partial charge in [0.25, 0.3) is 0 Å². The van der Waals surface area contributed by atoms with Crippen molar-refractivity contribution in [2.24, 2.45) is 17.8 Å². The van der Waals surface area contributed by atoms with Crippen molar-refractivity contribution in [2.75, 3.05) is 0 Å². The Balaban J connectivity index is 2.79. The molecule has 3 atom stereocenters. The molecule has 0 saturated carbocycles. The summed E-state index contributed by atoms with van der Waals surface area (Å²) in [6.07, 6.45) is 5.60. The van der Waals surface area contributed by atoms with Gasteiger partial charge in [-0.25, -0.2) is 0 Å². The van der Waals surface area contributed by atoms with Gasteiger partial charge in [-0.15, -0.1) is 0 Å². The molecule has 0 heterocycles. The van der Waals surface area contributed by atoms with E-state index >= 15 is 0 Å². The average Bonchev–Trinajstić information content (AvgIpc) is 2.63. The number of hydrogen-bond acceptors (Lipinski definition) is 1. The molecule has 1 aromatic carbocycles. The Bertz CT molecular complexity index is 516. The fourth-order valence-electron chi connectivity index (χ4n) is 4.23. The molecule has 0 aliphatic carbocycles. The normalized spacial score (nSPS) is 15.1. The lowest BCUT2D eigenvalue weighted by Crippen LogP contribution is -2.44. The van der Waals surface area contributed by atoms with Gasteiger partial charge in [-0.1, -0.05) is 85.1 Å². The van der Waals surface area contributed by atoms with Crippen molar-refractivity contribution < 1.29 is 4.79 Å². The average molecular weight is 360 g/mol. The summed E-state index contributed by atoms with van der Waals surface area (Å²) in [7, 11) is 0. The minimum absolute atomic E-state index is 0.101. The molecule has 2 heteroatoms. The smallest absolute Gasteiger partial charge is 0.227 e. The summed E-state index contributed by atoms with van der Waals surface area (Å²) in [5, 5.41) is 3.37. The summed E-state index contributed by atoms with van der Waals surface area (Å²) in [4.78, 5) is 12.9. The highest BCUT2D eigenvalue weighted by atomic mass is 16.1. The van der Waals surface area contributed by atoms with Gasteiger partial charge in [0.2, 0.25) is 5.91 Å². The summed E-state index contributed by atoms with van der Waals surface area (Å²) in [5.74, 6) is 1.98. The van der Waals surface area contributed by atoms with Gasteiger partial charge in [-0.05, 0) is 48.6 Å². The quantitative estimate of drug-likeness (QED) is 0.490. The van der Waals surface area contributed by atoms with Crippen LogP contribution in [0, 0.1) is 17.8 Å². The van der Waals surface area contributed by atoms with Crippen LogP contribution in [0.5, 0.6) is 0 Å². The van der Waals surface area contributed by atoms with Crippen LogP contribution in [0.3, 0.4) is 0 Å². The van der Waals surface area contributed by atoms with Crippen molar-refractivity contribution in [2.45, 2.75) is 92.5 Å². The highest BCUT2D eigenvalue weighted by Crippen LogP contribution is 2.28. The van der Waals surface area contributed by atoms with E-state index in [2.05, 4.69) is 71.1 Å². The Morgan fingerprint density at radius 2 is 1.46 bits per heavy atom. The van der Waals surface area contributed by atoms with Crippen LogP contribution in [0.4, 0.5) is 0 Å². The molecule has 1 amide bonds. The summed E-state index contributed by atoms with van der Waals surface area (Å²) in [5.41, 5.74) is 2.46. The topological polar surface area (TPSA) is 29.1 Å². The standard InChI is InChI=1S/C24H41NO/c1-8-20(9-2)22(10-3)23(11-4)25-24(26)18(7)21-14-12-19(13-15-21)16-17(5)6/h12-15,17-18,20,22-23H,8-11,16H2,1-7H3,(H,25,26). The van der Waals surface area contributed by atoms with Crippen LogP contribution in [0.25, 0.3) is 0 Å². The lowest BCUT2D eigenvalue weighted by molar-refractivity contribution is -0.123. The fourth-order valence-corrected chi connectivity index (χ4v) is 4.23. The number of rotatable bonds is 11. The van der Waals surface area contributed by atoms with Gasteiger partial charge in [0.1, 0.15) is 0 Å². The predicted molar refractivity (Wildman–Crippen MR) is 113 cm³/mol. The highest BCUT2D eigenvalue weighted by molar-refractivity contribution is 5.83. The molecule has 1 aromatic rings. The summed E-state index contributed by atoms with van der Waals surface area (Å²) < 4.78 is 0. The monoisotopic (exact) mass is 359 g/mol. The number of nitrogens with one attached hydrogen (secondary N) is 1. The van der Waals surface area contributed by atoms with Gasteiger partial charge in [-0.3, -0.25) is 4.79 Å². The first kappa shape index (κ1) is 22.7. The van der Waals surface area contributed by atoms with Crippen molar-refractivity contribution in [1.82, 2.24) is 5.32 Å². The van der Waals surface area contributed by atoms with Crippen LogP contribution >= 0.6 is 0 Å². The molecule has 0 aliphatic rings. The lowest BCUT2D eigenvalue weighted by Gasteiger charge is -2.33. The van der Waals surface area contributed by atoms with Crippen LogP contribution in [0.1, 0.15) is 91.2 Å². The Kier molecular flexibility index (Phi) is 9.98. The highest BCUT2D eigenvalue weighted by Gasteiger charge is 2.27. The Labute approximate surface area is 162 Å². The molecule has 0 fully saturated rings. The molecule has 3 unspecified atom stereocenters. The third-order valence-electron chi connectivity index (χ3n) is 5.93. The van der Waals surface area contributed by atoms with Crippen molar-refractivity contribution in [3.05, 3.63) is 35.4 Å².